The molecule has 0 fully saturated rings. The van der Waals surface area contributed by atoms with Crippen LogP contribution in [0.5, 0.6) is 0 Å². The van der Waals surface area contributed by atoms with Crippen molar-refractivity contribution in [2.75, 3.05) is 7.05 Å². The quantitative estimate of drug-likeness (QED) is 0.802. The van der Waals surface area contributed by atoms with Gasteiger partial charge in [0.1, 0.15) is 16.0 Å². The highest BCUT2D eigenvalue weighted by atomic mass is 32.1. The molecule has 0 spiro atoms. The fourth-order valence-electron chi connectivity index (χ4n) is 2.94. The van der Waals surface area contributed by atoms with Crippen molar-refractivity contribution in [2.24, 2.45) is 0 Å². The largest absolute Gasteiger partial charge is 0.335 e. The first-order valence-electron chi connectivity index (χ1n) is 7.74. The molecule has 0 atom stereocenters. The topological polar surface area (TPSA) is 74.8 Å². The summed E-state index contributed by atoms with van der Waals surface area (Å²) in [6.07, 6.45) is 4.68. The van der Waals surface area contributed by atoms with Crippen LogP contribution >= 0.6 is 11.3 Å². The van der Waals surface area contributed by atoms with Gasteiger partial charge >= 0.3 is 0 Å². The zero-order valence-corrected chi connectivity index (χ0v) is 13.7. The molecule has 1 amide bonds. The molecule has 2 heterocycles. The van der Waals surface area contributed by atoms with Gasteiger partial charge in [-0.1, -0.05) is 0 Å². The SMILES string of the molecule is CN(Cc1nc2c(s1)CCCC2)C(=O)c1ccc2n[nH]nc2c1. The summed E-state index contributed by atoms with van der Waals surface area (Å²) in [5, 5.41) is 11.6. The molecule has 1 aromatic carbocycles. The maximum Gasteiger partial charge on any atom is 0.254 e. The zero-order chi connectivity index (χ0) is 15.8. The lowest BCUT2D eigenvalue weighted by Crippen LogP contribution is -2.26. The second-order valence-corrected chi connectivity index (χ2v) is 7.04. The monoisotopic (exact) mass is 327 g/mol. The van der Waals surface area contributed by atoms with Crippen LogP contribution < -0.4 is 0 Å². The lowest BCUT2D eigenvalue weighted by atomic mass is 10.0. The second kappa shape index (κ2) is 5.73. The van der Waals surface area contributed by atoms with Gasteiger partial charge in [-0.05, 0) is 43.9 Å². The Balaban J connectivity index is 1.52. The van der Waals surface area contributed by atoms with Crippen LogP contribution in [0.3, 0.4) is 0 Å². The van der Waals surface area contributed by atoms with E-state index in [1.54, 1.807) is 28.4 Å². The maximum atomic E-state index is 12.6. The number of carbonyl (C=O) groups excluding carboxylic acids is 1. The lowest BCUT2D eigenvalue weighted by molar-refractivity contribution is 0.0785. The fraction of sp³-hybridized carbons (Fsp3) is 0.375. The first kappa shape index (κ1) is 14.3. The molecule has 0 saturated carbocycles. The molecule has 2 aromatic heterocycles. The number of amides is 1. The number of benzene rings is 1. The fourth-order valence-corrected chi connectivity index (χ4v) is 4.15. The second-order valence-electron chi connectivity index (χ2n) is 5.87. The number of fused-ring (bicyclic) bond motifs is 2. The third kappa shape index (κ3) is 2.72. The predicted octanol–water partition coefficient (Wildman–Crippen LogP) is 2.57. The van der Waals surface area contributed by atoms with Gasteiger partial charge in [0.05, 0.1) is 12.2 Å². The van der Waals surface area contributed by atoms with Crippen molar-refractivity contribution in [3.63, 3.8) is 0 Å². The van der Waals surface area contributed by atoms with Crippen LogP contribution in [-0.4, -0.2) is 38.2 Å². The summed E-state index contributed by atoms with van der Waals surface area (Å²) < 4.78 is 0. The summed E-state index contributed by atoms with van der Waals surface area (Å²) in [6, 6.07) is 5.36. The molecule has 0 radical (unpaired) electrons. The standard InChI is InChI=1S/C16H17N5OS/c1-21(9-15-17-12-4-2-3-5-14(12)23-15)16(22)10-6-7-11-13(8-10)19-20-18-11/h6-8H,2-5,9H2,1H3,(H,18,19,20). The molecule has 0 unspecified atom stereocenters. The van der Waals surface area contributed by atoms with Gasteiger partial charge in [0.15, 0.2) is 0 Å². The van der Waals surface area contributed by atoms with Gasteiger partial charge in [0, 0.05) is 17.5 Å². The smallest absolute Gasteiger partial charge is 0.254 e. The molecule has 0 bridgehead atoms. The third-order valence-electron chi connectivity index (χ3n) is 4.17. The Morgan fingerprint density at radius 2 is 2.09 bits per heavy atom. The first-order chi connectivity index (χ1) is 11.2. The van der Waals surface area contributed by atoms with Gasteiger partial charge in [-0.15, -0.1) is 11.3 Å². The maximum absolute atomic E-state index is 12.6. The molecular formula is C16H17N5OS. The Labute approximate surface area is 137 Å². The number of nitrogens with zero attached hydrogens (tertiary/aromatic N) is 4. The van der Waals surface area contributed by atoms with E-state index >= 15 is 0 Å². The van der Waals surface area contributed by atoms with Gasteiger partial charge in [-0.3, -0.25) is 4.79 Å². The van der Waals surface area contributed by atoms with Gasteiger partial charge in [0.25, 0.3) is 5.91 Å². The molecular weight excluding hydrogens is 310 g/mol. The molecule has 1 N–H and O–H groups in total. The van der Waals surface area contributed by atoms with Crippen molar-refractivity contribution in [1.29, 1.82) is 0 Å². The Bertz CT molecular complexity index is 845. The van der Waals surface area contributed by atoms with Crippen molar-refractivity contribution in [1.82, 2.24) is 25.3 Å². The molecule has 0 aliphatic heterocycles. The van der Waals surface area contributed by atoms with Crippen molar-refractivity contribution in [2.45, 2.75) is 32.2 Å². The lowest BCUT2D eigenvalue weighted by Gasteiger charge is -2.15. The number of aryl methyl sites for hydroxylation is 2. The highest BCUT2D eigenvalue weighted by Crippen LogP contribution is 2.27. The van der Waals surface area contributed by atoms with Crippen molar-refractivity contribution in [3.05, 3.63) is 39.3 Å². The summed E-state index contributed by atoms with van der Waals surface area (Å²) in [6.45, 7) is 0.549. The summed E-state index contributed by atoms with van der Waals surface area (Å²) in [5.41, 5.74) is 3.32. The van der Waals surface area contributed by atoms with Crippen LogP contribution in [-0.2, 0) is 19.4 Å². The number of rotatable bonds is 3. The number of hydrogen-bond donors (Lipinski definition) is 1. The first-order valence-corrected chi connectivity index (χ1v) is 8.56. The Morgan fingerprint density at radius 1 is 1.26 bits per heavy atom. The molecule has 1 aliphatic rings. The van der Waals surface area contributed by atoms with Gasteiger partial charge < -0.3 is 4.90 Å². The van der Waals surface area contributed by atoms with Crippen molar-refractivity contribution in [3.8, 4) is 0 Å². The minimum atomic E-state index is -0.0249. The van der Waals surface area contributed by atoms with Gasteiger partial charge in [0.2, 0.25) is 0 Å². The highest BCUT2D eigenvalue weighted by molar-refractivity contribution is 7.11. The third-order valence-corrected chi connectivity index (χ3v) is 5.31. The Hall–Kier alpha value is -2.28. The molecule has 0 saturated heterocycles. The molecule has 6 nitrogen and oxygen atoms in total. The Morgan fingerprint density at radius 3 is 2.96 bits per heavy atom. The number of carbonyl (C=O) groups is 1. The van der Waals surface area contributed by atoms with E-state index in [1.807, 2.05) is 13.1 Å². The Kier molecular flexibility index (Phi) is 3.57. The number of H-pyrrole nitrogens is 1. The summed E-state index contributed by atoms with van der Waals surface area (Å²) in [5.74, 6) is -0.0249. The van der Waals surface area contributed by atoms with Crippen molar-refractivity contribution >= 4 is 28.3 Å². The minimum absolute atomic E-state index is 0.0249. The van der Waals surface area contributed by atoms with Crippen LogP contribution in [0.1, 0.15) is 38.8 Å². The normalized spacial score (nSPS) is 14.0. The van der Waals surface area contributed by atoms with E-state index in [-0.39, 0.29) is 5.91 Å². The molecule has 1 aliphatic carbocycles. The van der Waals surface area contributed by atoms with E-state index in [0.29, 0.717) is 17.6 Å². The van der Waals surface area contributed by atoms with E-state index < -0.39 is 0 Å². The number of hydrogen-bond acceptors (Lipinski definition) is 5. The number of thiazole rings is 1. The van der Waals surface area contributed by atoms with Crippen LogP contribution in [0.15, 0.2) is 18.2 Å². The van der Waals surface area contributed by atoms with Gasteiger partial charge in [-0.2, -0.15) is 15.4 Å². The highest BCUT2D eigenvalue weighted by Gasteiger charge is 2.18. The average Bonchev–Trinajstić information content (AvgIpc) is 3.18. The number of aromatic nitrogens is 4. The van der Waals surface area contributed by atoms with E-state index in [9.17, 15) is 4.79 Å². The van der Waals surface area contributed by atoms with Crippen molar-refractivity contribution < 1.29 is 4.79 Å². The van der Waals surface area contributed by atoms with E-state index in [4.69, 9.17) is 4.98 Å². The van der Waals surface area contributed by atoms with Crippen LogP contribution in [0.4, 0.5) is 0 Å². The van der Waals surface area contributed by atoms with Crippen LogP contribution in [0.25, 0.3) is 11.0 Å². The summed E-state index contributed by atoms with van der Waals surface area (Å²) >= 11 is 1.75. The number of nitrogens with one attached hydrogen (secondary N) is 1. The summed E-state index contributed by atoms with van der Waals surface area (Å²) in [4.78, 5) is 20.4. The molecule has 3 aromatic rings. The van der Waals surface area contributed by atoms with Crippen LogP contribution in [0, 0.1) is 0 Å². The zero-order valence-electron chi connectivity index (χ0n) is 12.9. The minimum Gasteiger partial charge on any atom is -0.335 e. The summed E-state index contributed by atoms with van der Waals surface area (Å²) in [7, 11) is 1.82. The molecule has 118 valence electrons. The van der Waals surface area contributed by atoms with E-state index in [2.05, 4.69) is 15.4 Å². The molecule has 7 heteroatoms. The average molecular weight is 327 g/mol. The van der Waals surface area contributed by atoms with Crippen LogP contribution in [0.2, 0.25) is 0 Å². The van der Waals surface area contributed by atoms with E-state index in [1.165, 1.54) is 23.4 Å². The van der Waals surface area contributed by atoms with Gasteiger partial charge in [-0.25, -0.2) is 4.98 Å². The molecule has 23 heavy (non-hydrogen) atoms. The van der Waals surface area contributed by atoms with E-state index in [0.717, 1.165) is 23.4 Å². The predicted molar refractivity (Wildman–Crippen MR) is 88.4 cm³/mol. The molecule has 4 rings (SSSR count). The number of aromatic amines is 1.